The lowest BCUT2D eigenvalue weighted by Gasteiger charge is -2.29. The van der Waals surface area contributed by atoms with E-state index in [1.54, 1.807) is 0 Å². The van der Waals surface area contributed by atoms with Gasteiger partial charge >= 0.3 is 0 Å². The van der Waals surface area contributed by atoms with E-state index in [0.717, 1.165) is 23.3 Å². The molecule has 2 heterocycles. The zero-order valence-electron chi connectivity index (χ0n) is 11.4. The van der Waals surface area contributed by atoms with Crippen LogP contribution in [0.4, 0.5) is 0 Å². The van der Waals surface area contributed by atoms with E-state index in [0.29, 0.717) is 37.3 Å². The molecule has 0 bridgehead atoms. The van der Waals surface area contributed by atoms with Gasteiger partial charge in [-0.05, 0) is 30.0 Å². The predicted octanol–water partition coefficient (Wildman–Crippen LogP) is 2.33. The quantitative estimate of drug-likeness (QED) is 0.888. The highest BCUT2D eigenvalue weighted by Gasteiger charge is 2.28. The number of hydrogen-bond acceptors (Lipinski definition) is 3. The van der Waals surface area contributed by atoms with Crippen molar-refractivity contribution in [2.24, 2.45) is 5.92 Å². The van der Waals surface area contributed by atoms with E-state index in [9.17, 15) is 4.79 Å². The number of rotatable bonds is 2. The largest absolute Gasteiger partial charge is 0.486 e. The Labute approximate surface area is 113 Å². The summed E-state index contributed by atoms with van der Waals surface area (Å²) in [5.74, 6) is 2.41. The Kier molecular flexibility index (Phi) is 3.09. The number of carbonyl (C=O) groups excluding carboxylic acids is 1. The average molecular weight is 261 g/mol. The van der Waals surface area contributed by atoms with E-state index in [-0.39, 0.29) is 5.91 Å². The molecule has 0 aliphatic carbocycles. The van der Waals surface area contributed by atoms with Crippen LogP contribution in [0, 0.1) is 5.92 Å². The molecule has 0 fully saturated rings. The van der Waals surface area contributed by atoms with Crippen LogP contribution in [0.15, 0.2) is 12.1 Å². The summed E-state index contributed by atoms with van der Waals surface area (Å²) >= 11 is 0. The normalized spacial score (nSPS) is 21.0. The number of hydrogen-bond donors (Lipinski definition) is 1. The van der Waals surface area contributed by atoms with Gasteiger partial charge in [0, 0.05) is 18.0 Å². The second-order valence-electron chi connectivity index (χ2n) is 5.62. The van der Waals surface area contributed by atoms with Crippen molar-refractivity contribution in [1.29, 1.82) is 0 Å². The molecule has 0 spiro atoms. The van der Waals surface area contributed by atoms with Gasteiger partial charge in [0.05, 0.1) is 0 Å². The fraction of sp³-hybridized carbons (Fsp3) is 0.533. The van der Waals surface area contributed by atoms with Crippen molar-refractivity contribution < 1.29 is 14.3 Å². The molecular weight excluding hydrogens is 242 g/mol. The van der Waals surface area contributed by atoms with Crippen LogP contribution in [0.5, 0.6) is 11.5 Å². The second-order valence-corrected chi connectivity index (χ2v) is 5.62. The van der Waals surface area contributed by atoms with Gasteiger partial charge in [-0.2, -0.15) is 0 Å². The Balaban J connectivity index is 2.02. The predicted molar refractivity (Wildman–Crippen MR) is 72.0 cm³/mol. The van der Waals surface area contributed by atoms with E-state index in [2.05, 4.69) is 19.2 Å². The standard InChI is InChI=1S/C15H19NO3/c1-9(2)5-10-8-16-15(17)12-7-14-13(6-11(10)12)18-3-4-19-14/h6-7,9-10H,3-5,8H2,1-2H3,(H,16,17). The molecule has 1 atom stereocenters. The summed E-state index contributed by atoms with van der Waals surface area (Å²) < 4.78 is 11.2. The molecule has 0 saturated carbocycles. The minimum atomic E-state index is -0.00743. The topological polar surface area (TPSA) is 47.6 Å². The van der Waals surface area contributed by atoms with Gasteiger partial charge in [0.1, 0.15) is 13.2 Å². The van der Waals surface area contributed by atoms with Crippen LogP contribution in [-0.4, -0.2) is 25.7 Å². The summed E-state index contributed by atoms with van der Waals surface area (Å²) in [4.78, 5) is 12.0. The maximum absolute atomic E-state index is 12.0. The van der Waals surface area contributed by atoms with Crippen LogP contribution < -0.4 is 14.8 Å². The highest BCUT2D eigenvalue weighted by atomic mass is 16.6. The van der Waals surface area contributed by atoms with Gasteiger partial charge in [0.15, 0.2) is 11.5 Å². The van der Waals surface area contributed by atoms with Crippen LogP contribution in [0.1, 0.15) is 42.1 Å². The fourth-order valence-electron chi connectivity index (χ4n) is 2.84. The molecular formula is C15H19NO3. The smallest absolute Gasteiger partial charge is 0.251 e. The number of carbonyl (C=O) groups is 1. The van der Waals surface area contributed by atoms with Crippen LogP contribution in [0.25, 0.3) is 0 Å². The lowest BCUT2D eigenvalue weighted by molar-refractivity contribution is 0.0936. The Morgan fingerprint density at radius 3 is 2.63 bits per heavy atom. The van der Waals surface area contributed by atoms with Gasteiger partial charge in [-0.15, -0.1) is 0 Å². The molecule has 0 saturated heterocycles. The molecule has 102 valence electrons. The highest BCUT2D eigenvalue weighted by Crippen LogP contribution is 2.38. The Bertz CT molecular complexity index is 510. The lowest BCUT2D eigenvalue weighted by atomic mass is 9.84. The molecule has 0 radical (unpaired) electrons. The Hall–Kier alpha value is -1.71. The van der Waals surface area contributed by atoms with E-state index in [1.807, 2.05) is 12.1 Å². The third kappa shape index (κ3) is 2.27. The second kappa shape index (κ2) is 4.76. The van der Waals surface area contributed by atoms with Crippen LogP contribution >= 0.6 is 0 Å². The molecule has 2 aliphatic heterocycles. The number of nitrogens with one attached hydrogen (secondary N) is 1. The van der Waals surface area contributed by atoms with Gasteiger partial charge in [0.2, 0.25) is 0 Å². The number of amides is 1. The molecule has 3 rings (SSSR count). The van der Waals surface area contributed by atoms with Gasteiger partial charge in [-0.1, -0.05) is 13.8 Å². The van der Waals surface area contributed by atoms with Crippen molar-refractivity contribution in [2.75, 3.05) is 19.8 Å². The third-order valence-electron chi connectivity index (χ3n) is 3.66. The van der Waals surface area contributed by atoms with Gasteiger partial charge in [-0.25, -0.2) is 0 Å². The minimum absolute atomic E-state index is 0.00743. The van der Waals surface area contributed by atoms with Crippen molar-refractivity contribution in [2.45, 2.75) is 26.2 Å². The number of benzene rings is 1. The number of ether oxygens (including phenoxy) is 2. The van der Waals surface area contributed by atoms with Crippen molar-refractivity contribution >= 4 is 5.91 Å². The molecule has 4 heteroatoms. The Morgan fingerprint density at radius 2 is 1.95 bits per heavy atom. The molecule has 4 nitrogen and oxygen atoms in total. The molecule has 1 aromatic rings. The van der Waals surface area contributed by atoms with E-state index < -0.39 is 0 Å². The first-order valence-electron chi connectivity index (χ1n) is 6.87. The van der Waals surface area contributed by atoms with E-state index in [4.69, 9.17) is 9.47 Å². The molecule has 19 heavy (non-hydrogen) atoms. The molecule has 1 amide bonds. The SMILES string of the molecule is CC(C)CC1CNC(=O)c2cc3c(cc21)OCCO3. The molecule has 1 N–H and O–H groups in total. The Morgan fingerprint density at radius 1 is 1.26 bits per heavy atom. The van der Waals surface area contributed by atoms with Gasteiger partial charge in [0.25, 0.3) is 5.91 Å². The summed E-state index contributed by atoms with van der Waals surface area (Å²) in [7, 11) is 0. The zero-order chi connectivity index (χ0) is 13.4. The lowest BCUT2D eigenvalue weighted by Crippen LogP contribution is -2.35. The first-order valence-corrected chi connectivity index (χ1v) is 6.87. The zero-order valence-corrected chi connectivity index (χ0v) is 11.4. The maximum Gasteiger partial charge on any atom is 0.251 e. The molecule has 2 aliphatic rings. The summed E-state index contributed by atoms with van der Waals surface area (Å²) in [5.41, 5.74) is 1.84. The molecule has 1 unspecified atom stereocenters. The summed E-state index contributed by atoms with van der Waals surface area (Å²) in [5, 5.41) is 2.97. The van der Waals surface area contributed by atoms with Crippen LogP contribution in [0.3, 0.4) is 0 Å². The van der Waals surface area contributed by atoms with Gasteiger partial charge < -0.3 is 14.8 Å². The third-order valence-corrected chi connectivity index (χ3v) is 3.66. The number of fused-ring (bicyclic) bond motifs is 2. The summed E-state index contributed by atoms with van der Waals surface area (Å²) in [6.07, 6.45) is 1.06. The van der Waals surface area contributed by atoms with Crippen LogP contribution in [-0.2, 0) is 0 Å². The van der Waals surface area contributed by atoms with Crippen LogP contribution in [0.2, 0.25) is 0 Å². The van der Waals surface area contributed by atoms with Crippen molar-refractivity contribution in [3.63, 3.8) is 0 Å². The van der Waals surface area contributed by atoms with Crippen molar-refractivity contribution in [3.05, 3.63) is 23.3 Å². The fourth-order valence-corrected chi connectivity index (χ4v) is 2.84. The minimum Gasteiger partial charge on any atom is -0.486 e. The monoisotopic (exact) mass is 261 g/mol. The summed E-state index contributed by atoms with van der Waals surface area (Å²) in [6.45, 7) is 6.24. The summed E-state index contributed by atoms with van der Waals surface area (Å²) in [6, 6.07) is 3.82. The van der Waals surface area contributed by atoms with E-state index in [1.165, 1.54) is 0 Å². The van der Waals surface area contributed by atoms with Gasteiger partial charge in [-0.3, -0.25) is 4.79 Å². The van der Waals surface area contributed by atoms with Crippen molar-refractivity contribution in [1.82, 2.24) is 5.32 Å². The molecule has 1 aromatic carbocycles. The van der Waals surface area contributed by atoms with E-state index >= 15 is 0 Å². The highest BCUT2D eigenvalue weighted by molar-refractivity contribution is 5.97. The average Bonchev–Trinajstić information content (AvgIpc) is 2.40. The maximum atomic E-state index is 12.0. The first-order chi connectivity index (χ1) is 9.15. The molecule has 0 aromatic heterocycles. The first kappa shape index (κ1) is 12.3. The van der Waals surface area contributed by atoms with Crippen molar-refractivity contribution in [3.8, 4) is 11.5 Å².